The van der Waals surface area contributed by atoms with E-state index in [0.717, 1.165) is 24.0 Å². The van der Waals surface area contributed by atoms with Gasteiger partial charge in [0.05, 0.1) is 25.5 Å². The summed E-state index contributed by atoms with van der Waals surface area (Å²) in [4.78, 5) is 40.9. The van der Waals surface area contributed by atoms with Crippen molar-refractivity contribution in [1.82, 2.24) is 10.2 Å². The number of piperidine rings is 1. The number of hydrogen-bond donors (Lipinski definition) is 2. The molecular formula is C27H33N3O5. The number of nitrogens with one attached hydrogen (secondary N) is 2. The van der Waals surface area contributed by atoms with Crippen LogP contribution in [0.1, 0.15) is 49.9 Å². The maximum atomic E-state index is 13.6. The van der Waals surface area contributed by atoms with Gasteiger partial charge in [-0.15, -0.1) is 0 Å². The van der Waals surface area contributed by atoms with Gasteiger partial charge in [-0.1, -0.05) is 19.9 Å². The van der Waals surface area contributed by atoms with Gasteiger partial charge in [0.25, 0.3) is 5.91 Å². The van der Waals surface area contributed by atoms with Crippen molar-refractivity contribution in [3.8, 4) is 22.6 Å². The second-order valence-corrected chi connectivity index (χ2v) is 9.07. The predicted molar refractivity (Wildman–Crippen MR) is 134 cm³/mol. The Morgan fingerprint density at radius 1 is 1.09 bits per heavy atom. The van der Waals surface area contributed by atoms with Gasteiger partial charge in [0.2, 0.25) is 11.8 Å². The first kappa shape index (κ1) is 24.6. The summed E-state index contributed by atoms with van der Waals surface area (Å²) in [6, 6.07) is 10.2. The third-order valence-electron chi connectivity index (χ3n) is 7.10. The Morgan fingerprint density at radius 3 is 2.54 bits per heavy atom. The number of carbonyl (C=O) groups excluding carboxylic acids is 3. The van der Waals surface area contributed by atoms with E-state index in [2.05, 4.69) is 10.6 Å². The summed E-state index contributed by atoms with van der Waals surface area (Å²) in [6.07, 6.45) is 2.57. The Hall–Kier alpha value is -3.55. The van der Waals surface area contributed by atoms with Crippen LogP contribution in [-0.4, -0.2) is 55.5 Å². The highest BCUT2D eigenvalue weighted by Gasteiger charge is 2.40. The summed E-state index contributed by atoms with van der Waals surface area (Å²) in [7, 11) is 3.18. The molecule has 4 rings (SSSR count). The van der Waals surface area contributed by atoms with Crippen LogP contribution >= 0.6 is 0 Å². The molecule has 186 valence electrons. The van der Waals surface area contributed by atoms with E-state index in [1.54, 1.807) is 37.3 Å². The molecule has 0 spiro atoms. The number of amides is 3. The topological polar surface area (TPSA) is 97.0 Å². The van der Waals surface area contributed by atoms with Crippen molar-refractivity contribution in [1.29, 1.82) is 0 Å². The molecule has 8 nitrogen and oxygen atoms in total. The van der Waals surface area contributed by atoms with E-state index in [1.165, 1.54) is 0 Å². The molecule has 0 aliphatic carbocycles. The number of benzene rings is 2. The second kappa shape index (κ2) is 10.4. The molecule has 2 N–H and O–H groups in total. The summed E-state index contributed by atoms with van der Waals surface area (Å²) in [5.74, 6) is 0.869. The quantitative estimate of drug-likeness (QED) is 0.629. The first-order chi connectivity index (χ1) is 16.9. The molecule has 0 unspecified atom stereocenters. The highest BCUT2D eigenvalue weighted by atomic mass is 16.5. The first-order valence-electron chi connectivity index (χ1n) is 12.2. The molecule has 0 bridgehead atoms. The molecule has 2 aromatic rings. The van der Waals surface area contributed by atoms with Crippen molar-refractivity contribution < 1.29 is 23.9 Å². The summed E-state index contributed by atoms with van der Waals surface area (Å²) in [5, 5.41) is 6.03. The van der Waals surface area contributed by atoms with Crippen molar-refractivity contribution in [2.75, 3.05) is 26.1 Å². The average Bonchev–Trinajstić information content (AvgIpc) is 2.98. The number of rotatable bonds is 7. The number of methoxy groups -OCH3 is 2. The third-order valence-corrected chi connectivity index (χ3v) is 7.10. The molecule has 35 heavy (non-hydrogen) atoms. The Morgan fingerprint density at radius 2 is 1.86 bits per heavy atom. The highest BCUT2D eigenvalue weighted by molar-refractivity contribution is 6.10. The number of nitrogens with zero attached hydrogens (tertiary/aromatic N) is 1. The monoisotopic (exact) mass is 479 g/mol. The number of carbonyl (C=O) groups is 3. The molecule has 0 aromatic heterocycles. The third kappa shape index (κ3) is 4.83. The average molecular weight is 480 g/mol. The van der Waals surface area contributed by atoms with Crippen molar-refractivity contribution in [3.05, 3.63) is 42.0 Å². The first-order valence-corrected chi connectivity index (χ1v) is 12.2. The lowest BCUT2D eigenvalue weighted by molar-refractivity contribution is -0.127. The normalized spacial score (nSPS) is 19.4. The molecule has 1 fully saturated rings. The Labute approximate surface area is 206 Å². The molecule has 1 saturated heterocycles. The Balaban J connectivity index is 1.59. The maximum Gasteiger partial charge on any atom is 0.256 e. The largest absolute Gasteiger partial charge is 0.497 e. The Kier molecular flexibility index (Phi) is 7.28. The van der Waals surface area contributed by atoms with Crippen LogP contribution < -0.4 is 20.1 Å². The lowest BCUT2D eigenvalue weighted by Crippen LogP contribution is -2.55. The van der Waals surface area contributed by atoms with Gasteiger partial charge in [0.15, 0.2) is 0 Å². The Bertz CT molecular complexity index is 1130. The van der Waals surface area contributed by atoms with Crippen LogP contribution in [0.3, 0.4) is 0 Å². The van der Waals surface area contributed by atoms with Crippen LogP contribution in [0, 0.1) is 5.92 Å². The van der Waals surface area contributed by atoms with Crippen molar-refractivity contribution in [2.45, 2.75) is 51.6 Å². The van der Waals surface area contributed by atoms with Gasteiger partial charge >= 0.3 is 0 Å². The molecule has 8 heteroatoms. The fourth-order valence-corrected chi connectivity index (χ4v) is 4.97. The maximum absolute atomic E-state index is 13.6. The van der Waals surface area contributed by atoms with Gasteiger partial charge in [0.1, 0.15) is 17.5 Å². The van der Waals surface area contributed by atoms with Crippen molar-refractivity contribution >= 4 is 23.4 Å². The molecule has 0 radical (unpaired) electrons. The van der Waals surface area contributed by atoms with Gasteiger partial charge in [-0.05, 0) is 55.5 Å². The fraction of sp³-hybridized carbons (Fsp3) is 0.444. The molecular weight excluding hydrogens is 446 g/mol. The van der Waals surface area contributed by atoms with Gasteiger partial charge in [-0.3, -0.25) is 14.4 Å². The van der Waals surface area contributed by atoms with Crippen LogP contribution in [0.5, 0.6) is 11.5 Å². The van der Waals surface area contributed by atoms with E-state index in [4.69, 9.17) is 9.47 Å². The summed E-state index contributed by atoms with van der Waals surface area (Å²) in [5.41, 5.74) is 2.55. The predicted octanol–water partition coefficient (Wildman–Crippen LogP) is 3.85. The minimum absolute atomic E-state index is 0.0233. The van der Waals surface area contributed by atoms with E-state index >= 15 is 0 Å². The lowest BCUT2D eigenvalue weighted by Gasteiger charge is -2.37. The van der Waals surface area contributed by atoms with Crippen LogP contribution in [0.2, 0.25) is 0 Å². The second-order valence-electron chi connectivity index (χ2n) is 9.07. The molecule has 2 aliphatic heterocycles. The minimum Gasteiger partial charge on any atom is -0.497 e. The van der Waals surface area contributed by atoms with E-state index in [9.17, 15) is 14.4 Å². The molecule has 2 aromatic carbocycles. The van der Waals surface area contributed by atoms with Crippen LogP contribution in [0.25, 0.3) is 11.1 Å². The van der Waals surface area contributed by atoms with Crippen LogP contribution in [0.4, 0.5) is 5.69 Å². The molecule has 3 amide bonds. The van der Waals surface area contributed by atoms with E-state index in [-0.39, 0.29) is 29.7 Å². The summed E-state index contributed by atoms with van der Waals surface area (Å²) < 4.78 is 10.8. The van der Waals surface area contributed by atoms with E-state index < -0.39 is 6.04 Å². The number of hydrogen-bond acceptors (Lipinski definition) is 5. The van der Waals surface area contributed by atoms with E-state index in [1.807, 2.05) is 32.0 Å². The highest BCUT2D eigenvalue weighted by Crippen LogP contribution is 2.37. The number of ether oxygens (including phenoxy) is 2. The van der Waals surface area contributed by atoms with Crippen molar-refractivity contribution in [3.63, 3.8) is 0 Å². The lowest BCUT2D eigenvalue weighted by atomic mass is 9.94. The van der Waals surface area contributed by atoms with Gasteiger partial charge < -0.3 is 25.0 Å². The fourth-order valence-electron chi connectivity index (χ4n) is 4.97. The zero-order chi connectivity index (χ0) is 25.1. The van der Waals surface area contributed by atoms with Crippen molar-refractivity contribution in [2.24, 2.45) is 5.92 Å². The zero-order valence-corrected chi connectivity index (χ0v) is 20.7. The van der Waals surface area contributed by atoms with Crippen LogP contribution in [-0.2, 0) is 9.59 Å². The smallest absolute Gasteiger partial charge is 0.256 e. The number of fused-ring (bicyclic) bond motifs is 2. The molecule has 0 saturated carbocycles. The van der Waals surface area contributed by atoms with Gasteiger partial charge in [-0.2, -0.15) is 0 Å². The minimum atomic E-state index is -0.630. The molecule has 2 atom stereocenters. The summed E-state index contributed by atoms with van der Waals surface area (Å²) >= 11 is 0. The molecule has 2 heterocycles. The van der Waals surface area contributed by atoms with E-state index in [0.29, 0.717) is 42.1 Å². The summed E-state index contributed by atoms with van der Waals surface area (Å²) in [6.45, 7) is 4.40. The van der Waals surface area contributed by atoms with Gasteiger partial charge in [-0.25, -0.2) is 0 Å². The number of anilines is 1. The standard InChI is InChI=1S/C27H33N3O5/c1-5-16(6-2)25(31)28-18-11-12-30-23(14-18)26(32)29-22-10-7-17(13-21(22)27(30)33)20-9-8-19(34-3)15-24(20)35-4/h7-10,13,15-16,18,23H,5-6,11-12,14H2,1-4H3,(H,28,31)(H,29,32)/t18-,23+/m1/s1. The zero-order valence-electron chi connectivity index (χ0n) is 20.7. The molecule has 2 aliphatic rings. The van der Waals surface area contributed by atoms with Gasteiger partial charge in [0, 0.05) is 30.1 Å². The SMILES string of the molecule is CCC(CC)C(=O)N[C@@H]1CCN2C(=O)c3cc(-c4ccc(OC)cc4OC)ccc3NC(=O)[C@@H]2C1. The van der Waals surface area contributed by atoms with Crippen LogP contribution in [0.15, 0.2) is 36.4 Å².